The molecule has 1 N–H and O–H groups in total. The zero-order chi connectivity index (χ0) is 22.6. The molecule has 1 aliphatic heterocycles. The fourth-order valence-corrected chi connectivity index (χ4v) is 6.10. The van der Waals surface area contributed by atoms with Crippen molar-refractivity contribution in [1.82, 2.24) is 14.9 Å². The molecule has 8 nitrogen and oxygen atoms in total. The topological polar surface area (TPSA) is 123 Å². The molecule has 2 unspecified atom stereocenters. The van der Waals surface area contributed by atoms with E-state index < -0.39 is 33.4 Å². The molecule has 1 aromatic carbocycles. The molecular weight excluding hydrogens is 438 g/mol. The van der Waals surface area contributed by atoms with Gasteiger partial charge >= 0.3 is 0 Å². The van der Waals surface area contributed by atoms with Crippen LogP contribution in [0, 0.1) is 17.8 Å². The first-order valence-electron chi connectivity index (χ1n) is 10.1. The van der Waals surface area contributed by atoms with Gasteiger partial charge in [0.2, 0.25) is 5.78 Å². The van der Waals surface area contributed by atoms with Gasteiger partial charge < -0.3 is 5.32 Å². The summed E-state index contributed by atoms with van der Waals surface area (Å²) in [4.78, 5) is 39.1. The SMILES string of the molecule is CC(C)C(CS(=O)(=O)c1ccccc1)C(=O)CC1CCc2snnc2CNC(=O)C1=O. The minimum Gasteiger partial charge on any atom is -0.344 e. The third-order valence-electron chi connectivity index (χ3n) is 5.53. The Labute approximate surface area is 185 Å². The number of sulfone groups is 1. The number of fused-ring (bicyclic) bond motifs is 1. The van der Waals surface area contributed by atoms with Crippen LogP contribution in [0.5, 0.6) is 0 Å². The monoisotopic (exact) mass is 463 g/mol. The van der Waals surface area contributed by atoms with E-state index in [1.54, 1.807) is 32.0 Å². The van der Waals surface area contributed by atoms with Gasteiger partial charge in [-0.15, -0.1) is 5.10 Å². The summed E-state index contributed by atoms with van der Waals surface area (Å²) in [5, 5.41) is 6.51. The molecule has 0 saturated heterocycles. The van der Waals surface area contributed by atoms with Gasteiger partial charge in [-0.1, -0.05) is 36.5 Å². The normalized spacial score (nSPS) is 18.5. The Morgan fingerprint density at radius 3 is 2.61 bits per heavy atom. The molecule has 0 radical (unpaired) electrons. The van der Waals surface area contributed by atoms with E-state index in [0.717, 1.165) is 4.88 Å². The van der Waals surface area contributed by atoms with Gasteiger partial charge in [0.1, 0.15) is 5.78 Å². The molecule has 0 spiro atoms. The molecule has 1 amide bonds. The Morgan fingerprint density at radius 1 is 1.23 bits per heavy atom. The lowest BCUT2D eigenvalue weighted by molar-refractivity contribution is -0.141. The number of amides is 1. The molecule has 166 valence electrons. The Morgan fingerprint density at radius 2 is 1.94 bits per heavy atom. The summed E-state index contributed by atoms with van der Waals surface area (Å²) in [5.74, 6) is -3.85. The lowest BCUT2D eigenvalue weighted by Crippen LogP contribution is -2.37. The Balaban J connectivity index is 1.77. The van der Waals surface area contributed by atoms with Crippen LogP contribution in [0.1, 0.15) is 37.3 Å². The summed E-state index contributed by atoms with van der Waals surface area (Å²) in [5.41, 5.74) is 0.632. The van der Waals surface area contributed by atoms with E-state index in [1.165, 1.54) is 23.7 Å². The number of hydrogen-bond acceptors (Lipinski definition) is 8. The molecule has 0 bridgehead atoms. The van der Waals surface area contributed by atoms with Crippen molar-refractivity contribution >= 4 is 38.8 Å². The van der Waals surface area contributed by atoms with Gasteiger partial charge in [0.15, 0.2) is 9.84 Å². The predicted octanol–water partition coefficient (Wildman–Crippen LogP) is 1.99. The van der Waals surface area contributed by atoms with Gasteiger partial charge in [0.25, 0.3) is 5.91 Å². The number of aromatic nitrogens is 2. The molecule has 0 aliphatic carbocycles. The maximum Gasteiger partial charge on any atom is 0.287 e. The highest BCUT2D eigenvalue weighted by atomic mass is 32.2. The molecule has 2 atom stereocenters. The number of benzene rings is 1. The third-order valence-corrected chi connectivity index (χ3v) is 8.14. The lowest BCUT2D eigenvalue weighted by Gasteiger charge is -2.22. The molecule has 10 heteroatoms. The molecule has 2 aromatic rings. The van der Waals surface area contributed by atoms with E-state index >= 15 is 0 Å². The average molecular weight is 464 g/mol. The van der Waals surface area contributed by atoms with Crippen molar-refractivity contribution in [1.29, 1.82) is 0 Å². The number of aryl methyl sites for hydroxylation is 1. The molecule has 0 saturated carbocycles. The molecule has 2 heterocycles. The maximum absolute atomic E-state index is 13.1. The van der Waals surface area contributed by atoms with Gasteiger partial charge in [-0.05, 0) is 42.4 Å². The second kappa shape index (κ2) is 9.78. The van der Waals surface area contributed by atoms with Gasteiger partial charge in [-0.3, -0.25) is 14.4 Å². The van der Waals surface area contributed by atoms with Crippen LogP contribution in [0.3, 0.4) is 0 Å². The van der Waals surface area contributed by atoms with Crippen LogP contribution in [0.2, 0.25) is 0 Å². The van der Waals surface area contributed by atoms with Crippen molar-refractivity contribution in [2.45, 2.75) is 44.6 Å². The number of carbonyl (C=O) groups is 3. The molecule has 3 rings (SSSR count). The summed E-state index contributed by atoms with van der Waals surface area (Å²) >= 11 is 1.21. The fourth-order valence-electron chi connectivity index (χ4n) is 3.63. The number of Topliss-reactive ketones (excluding diaryl/α,β-unsaturated/α-hetero) is 2. The zero-order valence-electron chi connectivity index (χ0n) is 17.4. The molecule has 1 aromatic heterocycles. The fraction of sp³-hybridized carbons (Fsp3) is 0.476. The first-order valence-corrected chi connectivity index (χ1v) is 12.5. The van der Waals surface area contributed by atoms with Crippen molar-refractivity contribution in [2.24, 2.45) is 17.8 Å². The molecular formula is C21H25N3O5S2. The maximum atomic E-state index is 13.1. The average Bonchev–Trinajstić information content (AvgIpc) is 3.20. The Hall–Kier alpha value is -2.46. The van der Waals surface area contributed by atoms with E-state index in [1.807, 2.05) is 0 Å². The minimum atomic E-state index is -3.67. The second-order valence-electron chi connectivity index (χ2n) is 8.04. The van der Waals surface area contributed by atoms with Gasteiger partial charge in [-0.25, -0.2) is 8.42 Å². The number of nitrogens with zero attached hydrogens (tertiary/aromatic N) is 2. The van der Waals surface area contributed by atoms with Crippen molar-refractivity contribution in [3.05, 3.63) is 40.9 Å². The van der Waals surface area contributed by atoms with Crippen molar-refractivity contribution < 1.29 is 22.8 Å². The zero-order valence-corrected chi connectivity index (χ0v) is 19.0. The molecule has 0 fully saturated rings. The Kier molecular flexibility index (Phi) is 7.32. The van der Waals surface area contributed by atoms with E-state index in [0.29, 0.717) is 18.5 Å². The number of rotatable bonds is 7. The highest BCUT2D eigenvalue weighted by molar-refractivity contribution is 7.91. The summed E-state index contributed by atoms with van der Waals surface area (Å²) < 4.78 is 29.5. The number of ketones is 2. The summed E-state index contributed by atoms with van der Waals surface area (Å²) in [6.07, 6.45) is 0.631. The van der Waals surface area contributed by atoms with Crippen LogP contribution in [0.4, 0.5) is 0 Å². The van der Waals surface area contributed by atoms with Crippen molar-refractivity contribution in [3.63, 3.8) is 0 Å². The number of hydrogen-bond donors (Lipinski definition) is 1. The van der Waals surface area contributed by atoms with E-state index in [2.05, 4.69) is 14.9 Å². The summed E-state index contributed by atoms with van der Waals surface area (Å²) in [6.45, 7) is 3.70. The van der Waals surface area contributed by atoms with Crippen LogP contribution < -0.4 is 5.32 Å². The smallest absolute Gasteiger partial charge is 0.287 e. The van der Waals surface area contributed by atoms with Crippen LogP contribution in [0.25, 0.3) is 0 Å². The van der Waals surface area contributed by atoms with Crippen molar-refractivity contribution in [3.8, 4) is 0 Å². The molecule has 31 heavy (non-hydrogen) atoms. The van der Waals surface area contributed by atoms with Crippen LogP contribution in [-0.2, 0) is 37.2 Å². The van der Waals surface area contributed by atoms with Crippen LogP contribution in [0.15, 0.2) is 35.2 Å². The van der Waals surface area contributed by atoms with Crippen LogP contribution >= 0.6 is 11.5 Å². The standard InChI is InChI=1S/C21H25N3O5S2/c1-13(2)16(12-31(28,29)15-6-4-3-5-7-15)18(25)10-14-8-9-19-17(23-24-30-19)11-22-21(27)20(14)26/h3-7,13-14,16H,8-12H2,1-2H3,(H,22,27). The lowest BCUT2D eigenvalue weighted by atomic mass is 9.84. The van der Waals surface area contributed by atoms with Crippen molar-refractivity contribution in [2.75, 3.05) is 5.75 Å². The number of carbonyl (C=O) groups excluding carboxylic acids is 3. The van der Waals surface area contributed by atoms with E-state index in [4.69, 9.17) is 0 Å². The number of nitrogens with one attached hydrogen (secondary N) is 1. The summed E-state index contributed by atoms with van der Waals surface area (Å²) in [6, 6.07) is 8.00. The minimum absolute atomic E-state index is 0.126. The predicted molar refractivity (Wildman–Crippen MR) is 115 cm³/mol. The summed E-state index contributed by atoms with van der Waals surface area (Å²) in [7, 11) is -3.67. The van der Waals surface area contributed by atoms with E-state index in [-0.39, 0.29) is 35.3 Å². The van der Waals surface area contributed by atoms with Crippen LogP contribution in [-0.4, -0.2) is 41.2 Å². The third kappa shape index (κ3) is 5.62. The van der Waals surface area contributed by atoms with Gasteiger partial charge in [0.05, 0.1) is 27.8 Å². The largest absolute Gasteiger partial charge is 0.344 e. The quantitative estimate of drug-likeness (QED) is 0.623. The second-order valence-corrected chi connectivity index (χ2v) is 10.9. The van der Waals surface area contributed by atoms with Gasteiger partial charge in [0, 0.05) is 18.3 Å². The highest BCUT2D eigenvalue weighted by Gasteiger charge is 2.34. The first kappa shape index (κ1) is 23.2. The van der Waals surface area contributed by atoms with Gasteiger partial charge in [-0.2, -0.15) is 0 Å². The first-order chi connectivity index (χ1) is 14.7. The Bertz CT molecular complexity index is 1060. The van der Waals surface area contributed by atoms with E-state index in [9.17, 15) is 22.8 Å². The molecule has 1 aliphatic rings. The highest BCUT2D eigenvalue weighted by Crippen LogP contribution is 2.26.